The summed E-state index contributed by atoms with van der Waals surface area (Å²) in [5.74, 6) is 0.439. The minimum absolute atomic E-state index is 0.233. The molecule has 1 aliphatic heterocycles. The van der Waals surface area contributed by atoms with Gasteiger partial charge < -0.3 is 9.47 Å². The monoisotopic (exact) mass is 274 g/mol. The molecule has 100 valence electrons. The van der Waals surface area contributed by atoms with E-state index in [1.165, 1.54) is 28.5 Å². The third-order valence-electron chi connectivity index (χ3n) is 4.51. The van der Waals surface area contributed by atoms with E-state index in [1.54, 1.807) is 0 Å². The highest BCUT2D eigenvalue weighted by molar-refractivity contribution is 7.17. The smallest absolute Gasteiger partial charge is 0.168 e. The van der Waals surface area contributed by atoms with Crippen molar-refractivity contribution in [2.45, 2.75) is 37.4 Å². The fraction of sp³-hybridized carbons (Fsp3) is 0.500. The Morgan fingerprint density at radius 1 is 1.05 bits per heavy atom. The molecule has 0 radical (unpaired) electrons. The number of hydrogen-bond donors (Lipinski definition) is 0. The van der Waals surface area contributed by atoms with Crippen LogP contribution >= 0.6 is 11.3 Å². The number of hydrogen-bond acceptors (Lipinski definition) is 3. The second-order valence-electron chi connectivity index (χ2n) is 5.60. The predicted octanol–water partition coefficient (Wildman–Crippen LogP) is 4.30. The maximum Gasteiger partial charge on any atom is 0.168 e. The largest absolute Gasteiger partial charge is 0.348 e. The van der Waals surface area contributed by atoms with Crippen LogP contribution in [0, 0.1) is 0 Å². The molecular formula is C16H18O2S. The zero-order chi connectivity index (χ0) is 12.7. The molecule has 19 heavy (non-hydrogen) atoms. The lowest BCUT2D eigenvalue weighted by atomic mass is 9.81. The lowest BCUT2D eigenvalue weighted by Crippen LogP contribution is -2.34. The van der Waals surface area contributed by atoms with Crippen LogP contribution in [0.2, 0.25) is 0 Å². The molecular weight excluding hydrogens is 256 g/mol. The molecule has 2 heterocycles. The molecule has 1 aromatic heterocycles. The minimum atomic E-state index is -0.233. The molecule has 0 atom stereocenters. The molecule has 4 rings (SSSR count). The van der Waals surface area contributed by atoms with Gasteiger partial charge in [-0.2, -0.15) is 0 Å². The maximum atomic E-state index is 5.80. The second-order valence-corrected chi connectivity index (χ2v) is 6.55. The molecule has 2 aliphatic rings. The van der Waals surface area contributed by atoms with Crippen molar-refractivity contribution >= 4 is 21.4 Å². The molecule has 0 amide bonds. The van der Waals surface area contributed by atoms with Gasteiger partial charge in [-0.25, -0.2) is 0 Å². The van der Waals surface area contributed by atoms with Crippen molar-refractivity contribution in [3.05, 3.63) is 35.2 Å². The van der Waals surface area contributed by atoms with Crippen molar-refractivity contribution < 1.29 is 9.47 Å². The van der Waals surface area contributed by atoms with Gasteiger partial charge in [0.2, 0.25) is 0 Å². The highest BCUT2D eigenvalue weighted by Gasteiger charge is 2.40. The Morgan fingerprint density at radius 2 is 1.84 bits per heavy atom. The van der Waals surface area contributed by atoms with Crippen molar-refractivity contribution in [1.82, 2.24) is 0 Å². The Bertz CT molecular complexity index is 573. The molecule has 2 aromatic rings. The van der Waals surface area contributed by atoms with Crippen LogP contribution in [0.3, 0.4) is 0 Å². The van der Waals surface area contributed by atoms with Gasteiger partial charge in [-0.15, -0.1) is 11.3 Å². The first-order valence-corrected chi connectivity index (χ1v) is 7.98. The first-order valence-electron chi connectivity index (χ1n) is 7.10. The Hall–Kier alpha value is -0.900. The van der Waals surface area contributed by atoms with Crippen LogP contribution < -0.4 is 0 Å². The van der Waals surface area contributed by atoms with Crippen LogP contribution in [-0.4, -0.2) is 19.0 Å². The molecule has 0 unspecified atom stereocenters. The van der Waals surface area contributed by atoms with Gasteiger partial charge >= 0.3 is 0 Å². The average Bonchev–Trinajstić information content (AvgIpc) is 3.08. The summed E-state index contributed by atoms with van der Waals surface area (Å²) in [6.07, 6.45) is 4.44. The first-order chi connectivity index (χ1) is 9.35. The van der Waals surface area contributed by atoms with E-state index in [9.17, 15) is 0 Å². The summed E-state index contributed by atoms with van der Waals surface area (Å²) in [7, 11) is 0. The van der Waals surface area contributed by atoms with Crippen LogP contribution in [0.25, 0.3) is 10.1 Å². The fourth-order valence-corrected chi connectivity index (χ4v) is 4.24. The van der Waals surface area contributed by atoms with Gasteiger partial charge in [0.1, 0.15) is 0 Å². The van der Waals surface area contributed by atoms with E-state index in [2.05, 4.69) is 29.6 Å². The summed E-state index contributed by atoms with van der Waals surface area (Å²) in [4.78, 5) is 0. The van der Waals surface area contributed by atoms with Gasteiger partial charge in [0.25, 0.3) is 0 Å². The number of benzene rings is 1. The van der Waals surface area contributed by atoms with Gasteiger partial charge in [-0.3, -0.25) is 0 Å². The normalized spacial score (nSPS) is 23.4. The zero-order valence-electron chi connectivity index (χ0n) is 10.9. The van der Waals surface area contributed by atoms with Gasteiger partial charge in [-0.1, -0.05) is 12.1 Å². The Kier molecular flexibility index (Phi) is 2.87. The topological polar surface area (TPSA) is 18.5 Å². The summed E-state index contributed by atoms with van der Waals surface area (Å²) >= 11 is 1.83. The van der Waals surface area contributed by atoms with E-state index in [0.29, 0.717) is 5.92 Å². The Morgan fingerprint density at radius 3 is 2.63 bits per heavy atom. The summed E-state index contributed by atoms with van der Waals surface area (Å²) in [5, 5.41) is 3.54. The van der Waals surface area contributed by atoms with Crippen molar-refractivity contribution in [1.29, 1.82) is 0 Å². The first kappa shape index (κ1) is 11.9. The van der Waals surface area contributed by atoms with Crippen molar-refractivity contribution in [3.63, 3.8) is 0 Å². The summed E-state index contributed by atoms with van der Waals surface area (Å²) < 4.78 is 13.0. The van der Waals surface area contributed by atoms with E-state index in [-0.39, 0.29) is 5.79 Å². The lowest BCUT2D eigenvalue weighted by Gasteiger charge is -2.35. The minimum Gasteiger partial charge on any atom is -0.348 e. The molecule has 2 nitrogen and oxygen atoms in total. The third-order valence-corrected chi connectivity index (χ3v) is 5.39. The zero-order valence-corrected chi connectivity index (χ0v) is 11.7. The second kappa shape index (κ2) is 4.58. The van der Waals surface area contributed by atoms with Gasteiger partial charge in [-0.05, 0) is 47.2 Å². The van der Waals surface area contributed by atoms with E-state index >= 15 is 0 Å². The van der Waals surface area contributed by atoms with Gasteiger partial charge in [0.15, 0.2) is 5.79 Å². The molecule has 1 aliphatic carbocycles. The number of ether oxygens (including phenoxy) is 2. The predicted molar refractivity (Wildman–Crippen MR) is 77.7 cm³/mol. The molecule has 0 bridgehead atoms. The van der Waals surface area contributed by atoms with Crippen LogP contribution in [0.15, 0.2) is 29.6 Å². The van der Waals surface area contributed by atoms with Crippen LogP contribution in [-0.2, 0) is 9.47 Å². The molecule has 1 saturated heterocycles. The molecule has 1 spiro atoms. The van der Waals surface area contributed by atoms with Crippen molar-refractivity contribution in [3.8, 4) is 0 Å². The standard InChI is InChI=1S/C16H18O2S/c1-2-14(11-15-13(1)5-10-19-15)12-3-6-16(7-4-12)17-8-9-18-16/h1-2,5,10-12H,3-4,6-9H2. The third kappa shape index (κ3) is 2.10. The molecule has 1 aromatic carbocycles. The van der Waals surface area contributed by atoms with Crippen molar-refractivity contribution in [2.24, 2.45) is 0 Å². The number of rotatable bonds is 1. The highest BCUT2D eigenvalue weighted by Crippen LogP contribution is 2.42. The lowest BCUT2D eigenvalue weighted by molar-refractivity contribution is -0.178. The van der Waals surface area contributed by atoms with Crippen LogP contribution in [0.4, 0.5) is 0 Å². The van der Waals surface area contributed by atoms with E-state index < -0.39 is 0 Å². The quantitative estimate of drug-likeness (QED) is 0.772. The van der Waals surface area contributed by atoms with Crippen LogP contribution in [0.5, 0.6) is 0 Å². The molecule has 0 N–H and O–H groups in total. The summed E-state index contributed by atoms with van der Waals surface area (Å²) in [6.45, 7) is 1.54. The van der Waals surface area contributed by atoms with E-state index in [1.807, 2.05) is 11.3 Å². The SMILES string of the molecule is c1cc2ccc(C3CCC4(CC3)OCCO4)cc2s1. The van der Waals surface area contributed by atoms with E-state index in [4.69, 9.17) is 9.47 Å². The van der Waals surface area contributed by atoms with E-state index in [0.717, 1.165) is 26.1 Å². The van der Waals surface area contributed by atoms with Gasteiger partial charge in [0.05, 0.1) is 13.2 Å². The Balaban J connectivity index is 1.54. The maximum absolute atomic E-state index is 5.80. The number of fused-ring (bicyclic) bond motifs is 1. The fourth-order valence-electron chi connectivity index (χ4n) is 3.40. The Labute approximate surface area is 117 Å². The number of thiophene rings is 1. The summed E-state index contributed by atoms with van der Waals surface area (Å²) in [5.41, 5.74) is 1.49. The van der Waals surface area contributed by atoms with Crippen LogP contribution in [0.1, 0.15) is 37.2 Å². The summed E-state index contributed by atoms with van der Waals surface area (Å²) in [6, 6.07) is 9.13. The molecule has 2 fully saturated rings. The highest BCUT2D eigenvalue weighted by atomic mass is 32.1. The van der Waals surface area contributed by atoms with Gasteiger partial charge in [0, 0.05) is 17.5 Å². The average molecular weight is 274 g/mol. The van der Waals surface area contributed by atoms with Crippen molar-refractivity contribution in [2.75, 3.05) is 13.2 Å². The molecule has 3 heteroatoms. The molecule has 1 saturated carbocycles.